The van der Waals surface area contributed by atoms with Crippen molar-refractivity contribution in [3.8, 4) is 0 Å². The van der Waals surface area contributed by atoms with E-state index in [1.54, 1.807) is 0 Å². The fourth-order valence-corrected chi connectivity index (χ4v) is 14.2. The second-order valence-corrected chi connectivity index (χ2v) is 34.3. The average Bonchev–Trinajstić information content (AvgIpc) is 0.958. The maximum absolute atomic E-state index is 13.1. The lowest BCUT2D eigenvalue weighted by Gasteiger charge is -2.21. The molecule has 0 saturated carbocycles. The summed E-state index contributed by atoms with van der Waals surface area (Å²) in [5.74, 6) is 0.961. The van der Waals surface area contributed by atoms with Gasteiger partial charge in [0, 0.05) is 25.7 Å². The molecule has 0 aliphatic rings. The van der Waals surface area contributed by atoms with Crippen molar-refractivity contribution in [1.82, 2.24) is 0 Å². The predicted molar refractivity (Wildman–Crippen MR) is 414 cm³/mol. The summed E-state index contributed by atoms with van der Waals surface area (Å²) < 4.78 is 68.7. The number of phosphoric ester groups is 2. The molecule has 17 nitrogen and oxygen atoms in total. The first kappa shape index (κ1) is 99.1. The van der Waals surface area contributed by atoms with E-state index < -0.39 is 97.5 Å². The highest BCUT2D eigenvalue weighted by atomic mass is 31.2. The molecule has 19 heteroatoms. The highest BCUT2D eigenvalue weighted by molar-refractivity contribution is 7.47. The van der Waals surface area contributed by atoms with Crippen LogP contribution in [-0.4, -0.2) is 96.7 Å². The second kappa shape index (κ2) is 71.0. The van der Waals surface area contributed by atoms with Gasteiger partial charge in [0.25, 0.3) is 0 Å². The molecule has 0 aromatic heterocycles. The summed E-state index contributed by atoms with van der Waals surface area (Å²) in [4.78, 5) is 73.0. The predicted octanol–water partition coefficient (Wildman–Crippen LogP) is 24.4. The molecule has 101 heavy (non-hydrogen) atoms. The molecule has 0 amide bonds. The molecule has 0 heterocycles. The monoisotopic (exact) mass is 1480 g/mol. The molecule has 0 bridgehead atoms. The summed E-state index contributed by atoms with van der Waals surface area (Å²) in [5, 5.41) is 10.6. The van der Waals surface area contributed by atoms with E-state index in [0.717, 1.165) is 114 Å². The van der Waals surface area contributed by atoms with Gasteiger partial charge in [-0.15, -0.1) is 0 Å². The number of aliphatic hydroxyl groups is 1. The Morgan fingerprint density at radius 3 is 0.614 bits per heavy atom. The summed E-state index contributed by atoms with van der Waals surface area (Å²) in [5.41, 5.74) is 0. The lowest BCUT2D eigenvalue weighted by molar-refractivity contribution is -0.161. The van der Waals surface area contributed by atoms with Gasteiger partial charge >= 0.3 is 39.5 Å². The highest BCUT2D eigenvalue weighted by Gasteiger charge is 2.30. The number of phosphoric acid groups is 2. The Morgan fingerprint density at radius 2 is 0.416 bits per heavy atom. The number of carbonyl (C=O) groups excluding carboxylic acids is 4. The van der Waals surface area contributed by atoms with Gasteiger partial charge in [-0.25, -0.2) is 9.13 Å². The summed E-state index contributed by atoms with van der Waals surface area (Å²) in [6.45, 7) is 14.2. The second-order valence-electron chi connectivity index (χ2n) is 31.4. The minimum Gasteiger partial charge on any atom is -0.462 e. The molecular formula is C82H160O17P2. The van der Waals surface area contributed by atoms with E-state index in [-0.39, 0.29) is 25.7 Å². The lowest BCUT2D eigenvalue weighted by atomic mass is 10.0. The minimum absolute atomic E-state index is 0.106. The number of hydrogen-bond acceptors (Lipinski definition) is 15. The summed E-state index contributed by atoms with van der Waals surface area (Å²) in [6.07, 6.45) is 58.4. The lowest BCUT2D eigenvalue weighted by Crippen LogP contribution is -2.30. The van der Waals surface area contributed by atoms with Gasteiger partial charge in [0.05, 0.1) is 26.4 Å². The molecular weight excluding hydrogens is 1320 g/mol. The zero-order chi connectivity index (χ0) is 74.6. The Morgan fingerprint density at radius 1 is 0.248 bits per heavy atom. The van der Waals surface area contributed by atoms with Crippen molar-refractivity contribution in [3.63, 3.8) is 0 Å². The van der Waals surface area contributed by atoms with E-state index in [1.807, 2.05) is 0 Å². The molecule has 0 aliphatic carbocycles. The smallest absolute Gasteiger partial charge is 0.462 e. The van der Waals surface area contributed by atoms with Crippen molar-refractivity contribution in [2.75, 3.05) is 39.6 Å². The number of unbranched alkanes of at least 4 members (excludes halogenated alkanes) is 45. The van der Waals surface area contributed by atoms with Crippen LogP contribution in [0.15, 0.2) is 0 Å². The van der Waals surface area contributed by atoms with Crippen LogP contribution in [0.4, 0.5) is 0 Å². The van der Waals surface area contributed by atoms with Gasteiger partial charge in [-0.3, -0.25) is 37.3 Å². The number of esters is 4. The maximum Gasteiger partial charge on any atom is 0.472 e. The number of carbonyl (C=O) groups is 4. The zero-order valence-electron chi connectivity index (χ0n) is 66.5. The molecule has 0 aromatic carbocycles. The molecule has 0 spiro atoms. The fraction of sp³-hybridized carbons (Fsp3) is 0.951. The molecule has 0 fully saturated rings. The Kier molecular flexibility index (Phi) is 69.6. The highest BCUT2D eigenvalue weighted by Crippen LogP contribution is 2.45. The van der Waals surface area contributed by atoms with Gasteiger partial charge in [0.1, 0.15) is 19.3 Å². The third-order valence-electron chi connectivity index (χ3n) is 19.1. The topological polar surface area (TPSA) is 237 Å². The molecule has 3 N–H and O–H groups in total. The van der Waals surface area contributed by atoms with E-state index >= 15 is 0 Å². The number of aliphatic hydroxyl groups excluding tert-OH is 1. The zero-order valence-corrected chi connectivity index (χ0v) is 68.3. The summed E-state index contributed by atoms with van der Waals surface area (Å²) in [6, 6.07) is 0. The van der Waals surface area contributed by atoms with Crippen LogP contribution in [0.2, 0.25) is 0 Å². The maximum atomic E-state index is 13.1. The Labute approximate surface area is 619 Å². The quantitative estimate of drug-likeness (QED) is 0.0222. The SMILES string of the molecule is CC(C)CCCCCCCCCCCCCCCCCCC(=O)O[C@H](COC(=O)CCCCCCCCCCCCCCCC(C)C)COP(=O)(O)OCC(O)COP(=O)(O)OC[C@@H](COC(=O)CCCCCCCCC(C)C)OC(=O)CCCCCCCCCCCCCCCCC(C)C. The van der Waals surface area contributed by atoms with Crippen LogP contribution in [-0.2, 0) is 65.4 Å². The normalized spacial score (nSPS) is 14.0. The number of rotatable bonds is 79. The third kappa shape index (κ3) is 76.1. The summed E-state index contributed by atoms with van der Waals surface area (Å²) in [7, 11) is -9.92. The number of ether oxygens (including phenoxy) is 4. The van der Waals surface area contributed by atoms with Gasteiger partial charge in [-0.2, -0.15) is 0 Å². The Balaban J connectivity index is 5.23. The molecule has 0 aliphatic heterocycles. The molecule has 5 atom stereocenters. The molecule has 0 radical (unpaired) electrons. The van der Waals surface area contributed by atoms with Crippen LogP contribution in [0, 0.1) is 23.7 Å². The van der Waals surface area contributed by atoms with Crippen LogP contribution in [0.25, 0.3) is 0 Å². The first-order chi connectivity index (χ1) is 48.6. The van der Waals surface area contributed by atoms with E-state index in [2.05, 4.69) is 55.4 Å². The minimum atomic E-state index is -4.96. The van der Waals surface area contributed by atoms with Crippen LogP contribution < -0.4 is 0 Å². The molecule has 600 valence electrons. The van der Waals surface area contributed by atoms with Gasteiger partial charge in [-0.05, 0) is 49.4 Å². The van der Waals surface area contributed by atoms with Crippen molar-refractivity contribution in [2.24, 2.45) is 23.7 Å². The Hall–Kier alpha value is -1.94. The van der Waals surface area contributed by atoms with Crippen molar-refractivity contribution < 1.29 is 80.2 Å². The first-order valence-corrected chi connectivity index (χ1v) is 45.2. The first-order valence-electron chi connectivity index (χ1n) is 42.2. The van der Waals surface area contributed by atoms with Crippen molar-refractivity contribution in [3.05, 3.63) is 0 Å². The number of hydrogen-bond donors (Lipinski definition) is 3. The van der Waals surface area contributed by atoms with Gasteiger partial charge in [0.15, 0.2) is 12.2 Å². The largest absolute Gasteiger partial charge is 0.472 e. The van der Waals surface area contributed by atoms with Crippen molar-refractivity contribution in [2.45, 2.75) is 440 Å². The van der Waals surface area contributed by atoms with Crippen LogP contribution in [0.1, 0.15) is 421 Å². The molecule has 0 rings (SSSR count). The van der Waals surface area contributed by atoms with E-state index in [1.165, 1.54) is 218 Å². The van der Waals surface area contributed by atoms with E-state index in [9.17, 15) is 43.2 Å². The molecule has 3 unspecified atom stereocenters. The molecule has 0 saturated heterocycles. The van der Waals surface area contributed by atoms with E-state index in [0.29, 0.717) is 31.6 Å². The fourth-order valence-electron chi connectivity index (χ4n) is 12.6. The molecule has 0 aromatic rings. The Bertz CT molecular complexity index is 1970. The summed E-state index contributed by atoms with van der Waals surface area (Å²) >= 11 is 0. The van der Waals surface area contributed by atoms with Crippen LogP contribution in [0.3, 0.4) is 0 Å². The average molecular weight is 1480 g/mol. The van der Waals surface area contributed by atoms with Gasteiger partial charge < -0.3 is 33.8 Å². The third-order valence-corrected chi connectivity index (χ3v) is 21.0. The van der Waals surface area contributed by atoms with Crippen molar-refractivity contribution in [1.29, 1.82) is 0 Å². The van der Waals surface area contributed by atoms with Crippen LogP contribution >= 0.6 is 15.6 Å². The van der Waals surface area contributed by atoms with Gasteiger partial charge in [0.2, 0.25) is 0 Å². The van der Waals surface area contributed by atoms with Crippen molar-refractivity contribution >= 4 is 39.5 Å². The van der Waals surface area contributed by atoms with E-state index in [4.69, 9.17) is 37.0 Å². The standard InChI is InChI=1S/C82H160O17P2/c1-72(2)58-50-42-34-28-22-16-11-9-10-12-19-26-32-38-48-56-64-81(86)98-77(68-92-79(84)62-54-46-37-31-25-21-15-18-24-30-36-44-52-60-74(5)6)70-96-100(88,89)94-66-76(83)67-95-101(90,91)97-71-78(69-93-80(85)63-55-47-41-40-45-53-61-75(7)8)99-82(87)65-57-49-39-33-27-20-14-13-17-23-29-35-43-51-59-73(3)4/h72-78,83H,9-71H2,1-8H3,(H,88,89)(H,90,91)/t76?,77-,78-/m1/s1. The van der Waals surface area contributed by atoms with Gasteiger partial charge in [-0.1, -0.05) is 370 Å². The van der Waals surface area contributed by atoms with Crippen LogP contribution in [0.5, 0.6) is 0 Å².